The van der Waals surface area contributed by atoms with E-state index in [0.717, 1.165) is 0 Å². The van der Waals surface area contributed by atoms with Gasteiger partial charge in [-0.2, -0.15) is 5.26 Å². The Hall–Kier alpha value is -2.29. The third-order valence-electron chi connectivity index (χ3n) is 3.47. The van der Waals surface area contributed by atoms with E-state index in [9.17, 15) is 14.9 Å². The van der Waals surface area contributed by atoms with E-state index in [2.05, 4.69) is 0 Å². The predicted octanol–water partition coefficient (Wildman–Crippen LogP) is 1.58. The van der Waals surface area contributed by atoms with Gasteiger partial charge in [0, 0.05) is 13.3 Å². The molecule has 0 bridgehead atoms. The van der Waals surface area contributed by atoms with Crippen LogP contribution in [0.2, 0.25) is 0 Å². The lowest BCUT2D eigenvalue weighted by atomic mass is 9.75. The van der Waals surface area contributed by atoms with E-state index in [1.165, 1.54) is 14.0 Å². The number of rotatable bonds is 2. The van der Waals surface area contributed by atoms with Crippen LogP contribution in [0.15, 0.2) is 23.2 Å². The van der Waals surface area contributed by atoms with Crippen molar-refractivity contribution < 1.29 is 23.8 Å². The second-order valence-corrected chi connectivity index (χ2v) is 4.74. The molecule has 2 unspecified atom stereocenters. The molecule has 1 heterocycles. The lowest BCUT2D eigenvalue weighted by Gasteiger charge is -2.34. The van der Waals surface area contributed by atoms with Crippen molar-refractivity contribution in [1.29, 1.82) is 5.26 Å². The highest BCUT2D eigenvalue weighted by Gasteiger charge is 2.54. The largest absolute Gasteiger partial charge is 0.466 e. The molecule has 1 aliphatic heterocycles. The molecule has 1 aliphatic carbocycles. The number of nitrogens with zero attached hydrogens (tertiary/aromatic N) is 1. The van der Waals surface area contributed by atoms with Gasteiger partial charge in [0.15, 0.2) is 0 Å². The molecule has 0 aromatic heterocycles. The number of hydrogen-bond acceptors (Lipinski definition) is 6. The van der Waals surface area contributed by atoms with E-state index in [0.29, 0.717) is 24.4 Å². The van der Waals surface area contributed by atoms with Crippen LogP contribution in [0.25, 0.3) is 0 Å². The van der Waals surface area contributed by atoms with Gasteiger partial charge in [0.2, 0.25) is 5.60 Å². The first-order valence-corrected chi connectivity index (χ1v) is 6.23. The molecule has 106 valence electrons. The molecule has 2 rings (SSSR count). The molecule has 2 atom stereocenters. The smallest absolute Gasteiger partial charge is 0.338 e. The maximum absolute atomic E-state index is 11.9. The quantitative estimate of drug-likeness (QED) is 0.712. The van der Waals surface area contributed by atoms with E-state index in [1.807, 2.05) is 12.1 Å². The summed E-state index contributed by atoms with van der Waals surface area (Å²) in [5.41, 5.74) is -1.18. The van der Waals surface area contributed by atoms with Crippen LogP contribution in [-0.4, -0.2) is 24.6 Å². The van der Waals surface area contributed by atoms with Crippen LogP contribution in [0.5, 0.6) is 0 Å². The number of methoxy groups -OCH3 is 1. The molecule has 0 amide bonds. The summed E-state index contributed by atoms with van der Waals surface area (Å²) in [6, 6.07) is 2.04. The van der Waals surface area contributed by atoms with Crippen molar-refractivity contribution in [3.05, 3.63) is 23.2 Å². The van der Waals surface area contributed by atoms with Gasteiger partial charge in [0.1, 0.15) is 23.5 Å². The molecule has 6 heteroatoms. The standard InChI is InChI=1S/C14H15NO5/c1-8-11(13(17)18-3)12-10(19-8)5-4-6-14(12,7-15)20-9(2)16/h5,12H,4,6H2,1-3H3. The molecule has 20 heavy (non-hydrogen) atoms. The van der Waals surface area contributed by atoms with Gasteiger partial charge >= 0.3 is 11.9 Å². The second kappa shape index (κ2) is 5.00. The van der Waals surface area contributed by atoms with Gasteiger partial charge in [-0.25, -0.2) is 4.79 Å². The zero-order valence-electron chi connectivity index (χ0n) is 11.6. The average molecular weight is 277 g/mol. The fourth-order valence-corrected chi connectivity index (χ4v) is 2.71. The van der Waals surface area contributed by atoms with Crippen LogP contribution in [0.1, 0.15) is 26.7 Å². The molecule has 0 fully saturated rings. The fourth-order valence-electron chi connectivity index (χ4n) is 2.71. The summed E-state index contributed by atoms with van der Waals surface area (Å²) >= 11 is 0. The van der Waals surface area contributed by atoms with Crippen LogP contribution in [-0.2, 0) is 23.8 Å². The molecule has 0 N–H and O–H groups in total. The number of carbonyl (C=O) groups is 2. The van der Waals surface area contributed by atoms with E-state index in [1.54, 1.807) is 6.92 Å². The molecule has 0 aromatic carbocycles. The first-order valence-electron chi connectivity index (χ1n) is 6.23. The highest BCUT2D eigenvalue weighted by molar-refractivity contribution is 5.91. The molecule has 0 spiro atoms. The molecular formula is C14H15NO5. The molecule has 0 saturated heterocycles. The highest BCUT2D eigenvalue weighted by atomic mass is 16.6. The van der Waals surface area contributed by atoms with Crippen LogP contribution in [0.4, 0.5) is 0 Å². The number of esters is 2. The first kappa shape index (κ1) is 14.1. The molecule has 0 radical (unpaired) electrons. The molecular weight excluding hydrogens is 262 g/mol. The second-order valence-electron chi connectivity index (χ2n) is 4.74. The van der Waals surface area contributed by atoms with Crippen molar-refractivity contribution in [1.82, 2.24) is 0 Å². The number of nitriles is 1. The van der Waals surface area contributed by atoms with Crippen molar-refractivity contribution in [3.63, 3.8) is 0 Å². The van der Waals surface area contributed by atoms with Gasteiger partial charge < -0.3 is 14.2 Å². The molecule has 2 aliphatic rings. The summed E-state index contributed by atoms with van der Waals surface area (Å²) < 4.78 is 15.5. The van der Waals surface area contributed by atoms with Crippen LogP contribution in [0, 0.1) is 17.2 Å². The van der Waals surface area contributed by atoms with Gasteiger partial charge in [-0.05, 0) is 19.4 Å². The average Bonchev–Trinajstić information content (AvgIpc) is 2.74. The Morgan fingerprint density at radius 1 is 1.55 bits per heavy atom. The number of fused-ring (bicyclic) bond motifs is 1. The Morgan fingerprint density at radius 3 is 2.80 bits per heavy atom. The monoisotopic (exact) mass is 277 g/mol. The van der Waals surface area contributed by atoms with Crippen molar-refractivity contribution in [2.45, 2.75) is 32.3 Å². The van der Waals surface area contributed by atoms with Crippen LogP contribution < -0.4 is 0 Å². The van der Waals surface area contributed by atoms with Gasteiger partial charge in [0.05, 0.1) is 12.7 Å². The molecule has 0 saturated carbocycles. The Balaban J connectivity index is 2.52. The van der Waals surface area contributed by atoms with Crippen molar-refractivity contribution in [3.8, 4) is 6.07 Å². The zero-order chi connectivity index (χ0) is 14.9. The topological polar surface area (TPSA) is 85.6 Å². The van der Waals surface area contributed by atoms with Crippen molar-refractivity contribution in [2.75, 3.05) is 7.11 Å². The number of ether oxygens (including phenoxy) is 3. The minimum atomic E-state index is -1.42. The zero-order valence-corrected chi connectivity index (χ0v) is 11.6. The van der Waals surface area contributed by atoms with E-state index < -0.39 is 23.5 Å². The Bertz CT molecular complexity index is 569. The summed E-state index contributed by atoms with van der Waals surface area (Å²) in [7, 11) is 1.26. The first-order chi connectivity index (χ1) is 9.45. The highest BCUT2D eigenvalue weighted by Crippen LogP contribution is 2.48. The number of allylic oxidation sites excluding steroid dienone is 2. The number of carbonyl (C=O) groups excluding carboxylic acids is 2. The third-order valence-corrected chi connectivity index (χ3v) is 3.47. The van der Waals surface area contributed by atoms with Crippen molar-refractivity contribution in [2.24, 2.45) is 5.92 Å². The fraction of sp³-hybridized carbons (Fsp3) is 0.500. The van der Waals surface area contributed by atoms with Gasteiger partial charge in [-0.3, -0.25) is 4.79 Å². The maximum Gasteiger partial charge on any atom is 0.338 e. The Labute approximate surface area is 116 Å². The molecule has 6 nitrogen and oxygen atoms in total. The summed E-state index contributed by atoms with van der Waals surface area (Å²) in [5, 5.41) is 9.51. The van der Waals surface area contributed by atoms with E-state index in [-0.39, 0.29) is 5.57 Å². The number of hydrogen-bond donors (Lipinski definition) is 0. The van der Waals surface area contributed by atoms with Crippen LogP contribution >= 0.6 is 0 Å². The maximum atomic E-state index is 11.9. The van der Waals surface area contributed by atoms with E-state index >= 15 is 0 Å². The predicted molar refractivity (Wildman–Crippen MR) is 66.7 cm³/mol. The Morgan fingerprint density at radius 2 is 2.25 bits per heavy atom. The SMILES string of the molecule is COC(=O)C1=C(C)OC2=CCCC(C#N)(OC(C)=O)C21. The summed E-state index contributed by atoms with van der Waals surface area (Å²) in [4.78, 5) is 23.3. The van der Waals surface area contributed by atoms with Gasteiger partial charge in [-0.15, -0.1) is 0 Å². The minimum absolute atomic E-state index is 0.237. The minimum Gasteiger partial charge on any atom is -0.466 e. The third kappa shape index (κ3) is 2.05. The molecule has 0 aromatic rings. The van der Waals surface area contributed by atoms with Gasteiger partial charge in [0.25, 0.3) is 0 Å². The normalized spacial score (nSPS) is 27.9. The lowest BCUT2D eigenvalue weighted by molar-refractivity contribution is -0.157. The lowest BCUT2D eigenvalue weighted by Crippen LogP contribution is -2.44. The summed E-state index contributed by atoms with van der Waals surface area (Å²) in [6.07, 6.45) is 2.66. The Kier molecular flexibility index (Phi) is 3.53. The van der Waals surface area contributed by atoms with E-state index in [4.69, 9.17) is 14.2 Å². The summed E-state index contributed by atoms with van der Waals surface area (Å²) in [6.45, 7) is 2.86. The van der Waals surface area contributed by atoms with Gasteiger partial charge in [-0.1, -0.05) is 0 Å². The summed E-state index contributed by atoms with van der Waals surface area (Å²) in [5.74, 6) is -1.03. The van der Waals surface area contributed by atoms with Crippen LogP contribution in [0.3, 0.4) is 0 Å². The van der Waals surface area contributed by atoms with Crippen molar-refractivity contribution >= 4 is 11.9 Å².